The third-order valence-corrected chi connectivity index (χ3v) is 11.0. The summed E-state index contributed by atoms with van der Waals surface area (Å²) < 4.78 is 11.5. The molecule has 0 amide bonds. The zero-order valence-electron chi connectivity index (χ0n) is 27.1. The van der Waals surface area contributed by atoms with Gasteiger partial charge in [0.15, 0.2) is 11.6 Å². The number of hydrogen-bond acceptors (Lipinski definition) is 5. The molecule has 6 heteroatoms. The summed E-state index contributed by atoms with van der Waals surface area (Å²) in [6.45, 7) is 0. The molecule has 4 heterocycles. The average molecular weight is 671 g/mol. The second kappa shape index (κ2) is 10.9. The molecule has 0 bridgehead atoms. The van der Waals surface area contributed by atoms with E-state index in [0.717, 1.165) is 66.0 Å². The van der Waals surface area contributed by atoms with E-state index >= 15 is 0 Å². The maximum Gasteiger partial charge on any atom is 0.238 e. The molecule has 0 saturated heterocycles. The van der Waals surface area contributed by atoms with E-state index in [0.29, 0.717) is 17.6 Å². The number of aromatic nitrogens is 4. The summed E-state index contributed by atoms with van der Waals surface area (Å²) in [5, 5.41) is 6.79. The van der Waals surface area contributed by atoms with Gasteiger partial charge in [0.2, 0.25) is 5.95 Å². The molecule has 0 atom stereocenters. The Kier molecular flexibility index (Phi) is 6.05. The summed E-state index contributed by atoms with van der Waals surface area (Å²) in [4.78, 5) is 15.5. The van der Waals surface area contributed by atoms with Crippen molar-refractivity contribution < 1.29 is 4.42 Å². The van der Waals surface area contributed by atoms with E-state index in [1.807, 2.05) is 84.1 Å². The summed E-state index contributed by atoms with van der Waals surface area (Å²) in [7, 11) is 0. The Morgan fingerprint density at radius 1 is 0.471 bits per heavy atom. The number of hydrogen-bond donors (Lipinski definition) is 0. The molecule has 51 heavy (non-hydrogen) atoms. The second-order valence-corrected chi connectivity index (χ2v) is 13.9. The van der Waals surface area contributed by atoms with Crippen molar-refractivity contribution in [3.8, 4) is 39.9 Å². The van der Waals surface area contributed by atoms with Crippen molar-refractivity contribution in [3.63, 3.8) is 0 Å². The van der Waals surface area contributed by atoms with Crippen LogP contribution in [0.5, 0.6) is 0 Å². The molecule has 0 fully saturated rings. The lowest BCUT2D eigenvalue weighted by Gasteiger charge is -2.13. The van der Waals surface area contributed by atoms with Crippen molar-refractivity contribution in [3.05, 3.63) is 158 Å². The molecule has 4 aromatic heterocycles. The Morgan fingerprint density at radius 2 is 1.10 bits per heavy atom. The van der Waals surface area contributed by atoms with Gasteiger partial charge in [-0.05, 0) is 42.0 Å². The molecular formula is C45H26N4OS. The van der Waals surface area contributed by atoms with Crippen molar-refractivity contribution in [1.82, 2.24) is 19.5 Å². The van der Waals surface area contributed by atoms with Gasteiger partial charge in [-0.2, -0.15) is 9.97 Å². The topological polar surface area (TPSA) is 56.7 Å². The van der Waals surface area contributed by atoms with Crippen LogP contribution in [0, 0.1) is 0 Å². The Balaban J connectivity index is 1.31. The van der Waals surface area contributed by atoms with Crippen molar-refractivity contribution in [2.24, 2.45) is 0 Å². The Bertz CT molecular complexity index is 3080. The number of furan rings is 1. The third kappa shape index (κ3) is 4.30. The first kappa shape index (κ1) is 28.2. The minimum Gasteiger partial charge on any atom is -0.455 e. The van der Waals surface area contributed by atoms with Crippen LogP contribution in [0.4, 0.5) is 0 Å². The third-order valence-electron chi connectivity index (χ3n) is 9.85. The minimum absolute atomic E-state index is 0.549. The summed E-state index contributed by atoms with van der Waals surface area (Å²) in [6, 6.07) is 54.9. The molecule has 5 nitrogen and oxygen atoms in total. The summed E-state index contributed by atoms with van der Waals surface area (Å²) in [5.41, 5.74) is 7.75. The van der Waals surface area contributed by atoms with E-state index in [2.05, 4.69) is 89.5 Å². The molecule has 238 valence electrons. The summed E-state index contributed by atoms with van der Waals surface area (Å²) >= 11 is 1.83. The fourth-order valence-electron chi connectivity index (χ4n) is 7.55. The van der Waals surface area contributed by atoms with E-state index < -0.39 is 0 Å². The van der Waals surface area contributed by atoms with E-state index in [1.165, 1.54) is 20.2 Å². The van der Waals surface area contributed by atoms with Crippen LogP contribution in [0.1, 0.15) is 0 Å². The fraction of sp³-hybridized carbons (Fsp3) is 0. The van der Waals surface area contributed by atoms with Crippen LogP contribution in [0.25, 0.3) is 104 Å². The first-order chi connectivity index (χ1) is 25.3. The lowest BCUT2D eigenvalue weighted by molar-refractivity contribution is 0.673. The van der Waals surface area contributed by atoms with Gasteiger partial charge in [0.1, 0.15) is 11.2 Å². The Morgan fingerprint density at radius 3 is 1.86 bits per heavy atom. The average Bonchev–Trinajstić information content (AvgIpc) is 3.87. The van der Waals surface area contributed by atoms with E-state index in [1.54, 1.807) is 0 Å². The van der Waals surface area contributed by atoms with Crippen molar-refractivity contribution in [2.45, 2.75) is 0 Å². The van der Waals surface area contributed by atoms with Crippen molar-refractivity contribution in [1.29, 1.82) is 0 Å². The fourth-order valence-corrected chi connectivity index (χ4v) is 8.64. The molecule has 11 aromatic rings. The van der Waals surface area contributed by atoms with Crippen LogP contribution < -0.4 is 0 Å². The van der Waals surface area contributed by atoms with Crippen LogP contribution in [0.2, 0.25) is 0 Å². The molecule has 0 aliphatic heterocycles. The van der Waals surface area contributed by atoms with Crippen LogP contribution >= 0.6 is 11.3 Å². The van der Waals surface area contributed by atoms with Crippen molar-refractivity contribution in [2.75, 3.05) is 0 Å². The van der Waals surface area contributed by atoms with E-state index in [4.69, 9.17) is 19.4 Å². The maximum absolute atomic E-state index is 6.75. The predicted octanol–water partition coefficient (Wildman–Crippen LogP) is 12.2. The van der Waals surface area contributed by atoms with Gasteiger partial charge in [0.05, 0.1) is 16.4 Å². The number of para-hydroxylation sites is 2. The van der Waals surface area contributed by atoms with Gasteiger partial charge in [-0.3, -0.25) is 4.57 Å². The molecule has 0 unspecified atom stereocenters. The van der Waals surface area contributed by atoms with Crippen LogP contribution in [-0.2, 0) is 0 Å². The molecule has 0 N–H and O–H groups in total. The van der Waals surface area contributed by atoms with Crippen molar-refractivity contribution >= 4 is 75.3 Å². The zero-order valence-corrected chi connectivity index (χ0v) is 27.9. The maximum atomic E-state index is 6.75. The number of nitrogens with zero attached hydrogens (tertiary/aromatic N) is 4. The van der Waals surface area contributed by atoms with Gasteiger partial charge in [0, 0.05) is 53.0 Å². The van der Waals surface area contributed by atoms with E-state index in [9.17, 15) is 0 Å². The highest BCUT2D eigenvalue weighted by Gasteiger charge is 2.25. The normalized spacial score (nSPS) is 11.9. The molecule has 11 rings (SSSR count). The first-order valence-corrected chi connectivity index (χ1v) is 17.8. The predicted molar refractivity (Wildman–Crippen MR) is 211 cm³/mol. The molecule has 0 spiro atoms. The Labute approximate surface area is 295 Å². The Hall–Kier alpha value is -6.63. The highest BCUT2D eigenvalue weighted by atomic mass is 32.1. The number of thiophene rings is 1. The van der Waals surface area contributed by atoms with Gasteiger partial charge in [-0.1, -0.05) is 121 Å². The molecule has 0 radical (unpaired) electrons. The van der Waals surface area contributed by atoms with E-state index in [-0.39, 0.29) is 0 Å². The van der Waals surface area contributed by atoms with Gasteiger partial charge in [-0.15, -0.1) is 11.3 Å². The molecule has 0 saturated carbocycles. The SMILES string of the molecule is c1ccc(-c2nc(-c3ccccc3)nc(-n3c4ccccc4c4c5oc6ccccc6c5cc(-c5ccc6sc7ccccc7c6c5)c43)n2)cc1. The number of rotatable bonds is 4. The van der Waals surface area contributed by atoms with Gasteiger partial charge in [-0.25, -0.2) is 4.98 Å². The summed E-state index contributed by atoms with van der Waals surface area (Å²) in [5.74, 6) is 1.78. The zero-order chi connectivity index (χ0) is 33.5. The lowest BCUT2D eigenvalue weighted by atomic mass is 9.97. The van der Waals surface area contributed by atoms with Gasteiger partial charge >= 0.3 is 0 Å². The first-order valence-electron chi connectivity index (χ1n) is 16.9. The van der Waals surface area contributed by atoms with Crippen LogP contribution in [-0.4, -0.2) is 19.5 Å². The minimum atomic E-state index is 0.549. The van der Waals surface area contributed by atoms with Gasteiger partial charge in [0.25, 0.3) is 0 Å². The van der Waals surface area contributed by atoms with Crippen LogP contribution in [0.15, 0.2) is 162 Å². The smallest absolute Gasteiger partial charge is 0.238 e. The molecule has 0 aliphatic carbocycles. The molecular weight excluding hydrogens is 645 g/mol. The lowest BCUT2D eigenvalue weighted by Crippen LogP contribution is -2.07. The highest BCUT2D eigenvalue weighted by Crippen LogP contribution is 2.46. The summed E-state index contributed by atoms with van der Waals surface area (Å²) in [6.07, 6.45) is 0. The molecule has 0 aliphatic rings. The standard InChI is InChI=1S/C45H26N4OS/c1-3-13-27(14-4-1)43-46-44(28-15-5-2-6-16-28)48-45(47-43)49-36-20-10-7-19-32(36)40-41(49)33(26-35-30-17-8-11-21-37(30)50-42(35)40)29-23-24-39-34(25-29)31-18-9-12-22-38(31)51-39/h1-26H. The number of benzene rings is 7. The quantitative estimate of drug-likeness (QED) is 0.187. The number of fused-ring (bicyclic) bond motifs is 10. The van der Waals surface area contributed by atoms with Gasteiger partial charge < -0.3 is 4.42 Å². The largest absolute Gasteiger partial charge is 0.455 e. The monoisotopic (exact) mass is 670 g/mol. The highest BCUT2D eigenvalue weighted by molar-refractivity contribution is 7.25. The second-order valence-electron chi connectivity index (χ2n) is 12.8. The molecule has 7 aromatic carbocycles. The van der Waals surface area contributed by atoms with Crippen LogP contribution in [0.3, 0.4) is 0 Å².